The number of carbonyl (C=O) groups is 1. The molecule has 0 bridgehead atoms. The van der Waals surface area contributed by atoms with Crippen molar-refractivity contribution in [3.05, 3.63) is 29.8 Å². The molecule has 0 spiro atoms. The number of amides is 1. The number of aryl methyl sites for hydroxylation is 1. The highest BCUT2D eigenvalue weighted by Crippen LogP contribution is 2.16. The zero-order valence-corrected chi connectivity index (χ0v) is 12.9. The number of rotatable bonds is 9. The van der Waals surface area contributed by atoms with Gasteiger partial charge >= 0.3 is 0 Å². The summed E-state index contributed by atoms with van der Waals surface area (Å²) in [6.45, 7) is 7.20. The second kappa shape index (κ2) is 9.40. The van der Waals surface area contributed by atoms with Gasteiger partial charge in [0.25, 0.3) is 5.91 Å². The van der Waals surface area contributed by atoms with Gasteiger partial charge in [-0.05, 0) is 30.9 Å². The van der Waals surface area contributed by atoms with Gasteiger partial charge in [0.05, 0.1) is 0 Å². The third-order valence-electron chi connectivity index (χ3n) is 3.58. The molecular weight excluding hydrogens is 250 g/mol. The number of hydrogen-bond donors (Lipinski definition) is 1. The summed E-state index contributed by atoms with van der Waals surface area (Å²) in [5.41, 5.74) is 1.05. The van der Waals surface area contributed by atoms with Crippen molar-refractivity contribution in [3.63, 3.8) is 0 Å². The van der Waals surface area contributed by atoms with Crippen LogP contribution in [-0.4, -0.2) is 19.1 Å². The van der Waals surface area contributed by atoms with E-state index in [9.17, 15) is 4.79 Å². The van der Waals surface area contributed by atoms with Crippen molar-refractivity contribution in [2.45, 2.75) is 46.5 Å². The second-order valence-electron chi connectivity index (χ2n) is 5.27. The fourth-order valence-electron chi connectivity index (χ4n) is 2.11. The Morgan fingerprint density at radius 1 is 1.30 bits per heavy atom. The van der Waals surface area contributed by atoms with Crippen molar-refractivity contribution in [2.24, 2.45) is 5.92 Å². The van der Waals surface area contributed by atoms with E-state index < -0.39 is 0 Å². The average Bonchev–Trinajstić information content (AvgIpc) is 2.46. The van der Waals surface area contributed by atoms with E-state index in [1.54, 1.807) is 0 Å². The average molecular weight is 277 g/mol. The van der Waals surface area contributed by atoms with Crippen LogP contribution in [0.3, 0.4) is 0 Å². The molecule has 0 aliphatic carbocycles. The van der Waals surface area contributed by atoms with Crippen LogP contribution < -0.4 is 10.1 Å². The van der Waals surface area contributed by atoms with Crippen molar-refractivity contribution in [1.82, 2.24) is 5.32 Å². The molecule has 1 aromatic carbocycles. The molecule has 0 radical (unpaired) electrons. The van der Waals surface area contributed by atoms with Gasteiger partial charge in [-0.15, -0.1) is 0 Å². The standard InChI is InChI=1S/C17H27NO2/c1-4-6-10-15(5-2)12-18-17(19)13-20-16-11-8-7-9-14(16)3/h7-9,11,15H,4-6,10,12-13H2,1-3H3,(H,18,19). The number of carbonyl (C=O) groups excluding carboxylic acids is 1. The highest BCUT2D eigenvalue weighted by Gasteiger charge is 2.09. The summed E-state index contributed by atoms with van der Waals surface area (Å²) in [4.78, 5) is 11.8. The summed E-state index contributed by atoms with van der Waals surface area (Å²) in [7, 11) is 0. The number of ether oxygens (including phenoxy) is 1. The maximum atomic E-state index is 11.8. The molecule has 1 aromatic rings. The Morgan fingerprint density at radius 2 is 2.05 bits per heavy atom. The Balaban J connectivity index is 2.28. The van der Waals surface area contributed by atoms with Gasteiger partial charge in [0.15, 0.2) is 6.61 Å². The van der Waals surface area contributed by atoms with Crippen molar-refractivity contribution < 1.29 is 9.53 Å². The third-order valence-corrected chi connectivity index (χ3v) is 3.58. The first-order chi connectivity index (χ1) is 9.67. The number of unbranched alkanes of at least 4 members (excludes halogenated alkanes) is 1. The first kappa shape index (κ1) is 16.5. The minimum atomic E-state index is -0.0387. The Labute approximate surface area is 122 Å². The van der Waals surface area contributed by atoms with Crippen molar-refractivity contribution in [3.8, 4) is 5.75 Å². The van der Waals surface area contributed by atoms with E-state index in [0.717, 1.165) is 24.3 Å². The monoisotopic (exact) mass is 277 g/mol. The van der Waals surface area contributed by atoms with Gasteiger partial charge in [0.1, 0.15) is 5.75 Å². The summed E-state index contributed by atoms with van der Waals surface area (Å²) in [5.74, 6) is 1.32. The van der Waals surface area contributed by atoms with Crippen LogP contribution in [0.15, 0.2) is 24.3 Å². The molecule has 0 aliphatic rings. The van der Waals surface area contributed by atoms with Crippen molar-refractivity contribution in [1.29, 1.82) is 0 Å². The maximum absolute atomic E-state index is 11.8. The predicted octanol–water partition coefficient (Wildman–Crippen LogP) is 3.71. The molecule has 0 saturated carbocycles. The zero-order chi connectivity index (χ0) is 14.8. The molecule has 1 atom stereocenters. The van der Waals surface area contributed by atoms with E-state index in [-0.39, 0.29) is 12.5 Å². The largest absolute Gasteiger partial charge is 0.484 e. The fourth-order valence-corrected chi connectivity index (χ4v) is 2.11. The van der Waals surface area contributed by atoms with Crippen LogP contribution in [0, 0.1) is 12.8 Å². The van der Waals surface area contributed by atoms with Crippen LogP contribution in [0.4, 0.5) is 0 Å². The minimum absolute atomic E-state index is 0.0387. The van der Waals surface area contributed by atoms with E-state index in [4.69, 9.17) is 4.74 Å². The zero-order valence-electron chi connectivity index (χ0n) is 12.9. The van der Waals surface area contributed by atoms with Crippen molar-refractivity contribution >= 4 is 5.91 Å². The Kier molecular flexibility index (Phi) is 7.78. The van der Waals surface area contributed by atoms with Crippen LogP contribution in [0.1, 0.15) is 45.1 Å². The van der Waals surface area contributed by atoms with Gasteiger partial charge in [-0.3, -0.25) is 4.79 Å². The first-order valence-corrected chi connectivity index (χ1v) is 7.62. The normalized spacial score (nSPS) is 11.9. The highest BCUT2D eigenvalue weighted by molar-refractivity contribution is 5.77. The lowest BCUT2D eigenvalue weighted by molar-refractivity contribution is -0.123. The van der Waals surface area contributed by atoms with Crippen LogP contribution in [0.5, 0.6) is 5.75 Å². The van der Waals surface area contributed by atoms with E-state index in [1.807, 2.05) is 31.2 Å². The van der Waals surface area contributed by atoms with Gasteiger partial charge < -0.3 is 10.1 Å². The lowest BCUT2D eigenvalue weighted by Gasteiger charge is -2.15. The predicted molar refractivity (Wildman–Crippen MR) is 83.0 cm³/mol. The molecule has 0 aromatic heterocycles. The van der Waals surface area contributed by atoms with Crippen LogP contribution in [0.25, 0.3) is 0 Å². The van der Waals surface area contributed by atoms with E-state index in [0.29, 0.717) is 5.92 Å². The van der Waals surface area contributed by atoms with Gasteiger partial charge in [0.2, 0.25) is 0 Å². The second-order valence-corrected chi connectivity index (χ2v) is 5.27. The number of benzene rings is 1. The molecule has 3 heteroatoms. The molecule has 0 saturated heterocycles. The van der Waals surface area contributed by atoms with Gasteiger partial charge in [0, 0.05) is 6.54 Å². The molecule has 0 fully saturated rings. The SMILES string of the molecule is CCCCC(CC)CNC(=O)COc1ccccc1C. The molecule has 0 aliphatic heterocycles. The maximum Gasteiger partial charge on any atom is 0.257 e. The Bertz CT molecular complexity index is 404. The Hall–Kier alpha value is -1.51. The van der Waals surface area contributed by atoms with Gasteiger partial charge in [-0.1, -0.05) is 51.3 Å². The quantitative estimate of drug-likeness (QED) is 0.747. The summed E-state index contributed by atoms with van der Waals surface area (Å²) < 4.78 is 5.53. The molecule has 20 heavy (non-hydrogen) atoms. The molecule has 112 valence electrons. The minimum Gasteiger partial charge on any atom is -0.484 e. The summed E-state index contributed by atoms with van der Waals surface area (Å²) in [6.07, 6.45) is 4.74. The van der Waals surface area contributed by atoms with Gasteiger partial charge in [-0.2, -0.15) is 0 Å². The van der Waals surface area contributed by atoms with Crippen LogP contribution in [0.2, 0.25) is 0 Å². The molecule has 1 unspecified atom stereocenters. The molecule has 0 heterocycles. The summed E-state index contributed by atoms with van der Waals surface area (Å²) in [5, 5.41) is 2.97. The van der Waals surface area contributed by atoms with E-state index in [2.05, 4.69) is 19.2 Å². The number of hydrogen-bond acceptors (Lipinski definition) is 2. The fraction of sp³-hybridized carbons (Fsp3) is 0.588. The number of para-hydroxylation sites is 1. The molecule has 1 amide bonds. The van der Waals surface area contributed by atoms with Gasteiger partial charge in [-0.25, -0.2) is 0 Å². The first-order valence-electron chi connectivity index (χ1n) is 7.62. The Morgan fingerprint density at radius 3 is 2.70 bits per heavy atom. The summed E-state index contributed by atoms with van der Waals surface area (Å²) in [6, 6.07) is 7.74. The molecule has 1 N–H and O–H groups in total. The summed E-state index contributed by atoms with van der Waals surface area (Å²) >= 11 is 0. The molecule has 1 rings (SSSR count). The lowest BCUT2D eigenvalue weighted by Crippen LogP contribution is -2.33. The van der Waals surface area contributed by atoms with Crippen molar-refractivity contribution in [2.75, 3.05) is 13.2 Å². The highest BCUT2D eigenvalue weighted by atomic mass is 16.5. The lowest BCUT2D eigenvalue weighted by atomic mass is 9.99. The third kappa shape index (κ3) is 6.09. The smallest absolute Gasteiger partial charge is 0.257 e. The van der Waals surface area contributed by atoms with E-state index >= 15 is 0 Å². The van der Waals surface area contributed by atoms with Crippen LogP contribution >= 0.6 is 0 Å². The number of nitrogens with one attached hydrogen (secondary N) is 1. The molecule has 3 nitrogen and oxygen atoms in total. The van der Waals surface area contributed by atoms with E-state index in [1.165, 1.54) is 19.3 Å². The topological polar surface area (TPSA) is 38.3 Å². The molecular formula is C17H27NO2. The van der Waals surface area contributed by atoms with Crippen LogP contribution in [-0.2, 0) is 4.79 Å².